The van der Waals surface area contributed by atoms with Crippen molar-refractivity contribution in [1.29, 1.82) is 0 Å². The minimum absolute atomic E-state index is 0.184. The van der Waals surface area contributed by atoms with Crippen molar-refractivity contribution >= 4 is 0 Å². The van der Waals surface area contributed by atoms with Crippen LogP contribution in [0.25, 0.3) is 0 Å². The van der Waals surface area contributed by atoms with Gasteiger partial charge >= 0.3 is 0 Å². The molecular formula is C29H40O4. The fraction of sp³-hybridized carbons (Fsp3) is 0.586. The lowest BCUT2D eigenvalue weighted by Crippen LogP contribution is -2.56. The number of phenols is 2. The zero-order valence-corrected chi connectivity index (χ0v) is 21.2. The molecular weight excluding hydrogens is 412 g/mol. The fourth-order valence-electron chi connectivity index (χ4n) is 5.86. The van der Waals surface area contributed by atoms with Crippen LogP contribution < -0.4 is 9.47 Å². The number of benzene rings is 2. The number of aromatic hydroxyl groups is 2. The summed E-state index contributed by atoms with van der Waals surface area (Å²) in [6.45, 7) is 13.3. The summed E-state index contributed by atoms with van der Waals surface area (Å²) in [5.74, 6) is 1.32. The van der Waals surface area contributed by atoms with Gasteiger partial charge in [-0.05, 0) is 37.8 Å². The summed E-state index contributed by atoms with van der Waals surface area (Å²) in [4.78, 5) is 0. The topological polar surface area (TPSA) is 58.9 Å². The van der Waals surface area contributed by atoms with E-state index in [0.29, 0.717) is 24.3 Å². The summed E-state index contributed by atoms with van der Waals surface area (Å²) >= 11 is 0. The van der Waals surface area contributed by atoms with Gasteiger partial charge < -0.3 is 19.7 Å². The smallest absolute Gasteiger partial charge is 0.253 e. The first-order chi connectivity index (χ1) is 15.5. The van der Waals surface area contributed by atoms with Crippen molar-refractivity contribution in [1.82, 2.24) is 0 Å². The summed E-state index contributed by atoms with van der Waals surface area (Å²) in [7, 11) is 0. The first-order valence-corrected chi connectivity index (χ1v) is 12.6. The molecule has 2 N–H and O–H groups in total. The molecule has 0 radical (unpaired) electrons. The van der Waals surface area contributed by atoms with Gasteiger partial charge in [0.1, 0.15) is 23.0 Å². The number of fused-ring (bicyclic) bond motifs is 2. The van der Waals surface area contributed by atoms with E-state index in [0.717, 1.165) is 72.3 Å². The van der Waals surface area contributed by atoms with E-state index >= 15 is 0 Å². The Labute approximate surface area is 198 Å². The highest BCUT2D eigenvalue weighted by atomic mass is 16.7. The van der Waals surface area contributed by atoms with E-state index in [4.69, 9.17) is 9.47 Å². The maximum Gasteiger partial charge on any atom is 0.253 e. The molecule has 2 aromatic rings. The molecule has 0 saturated carbocycles. The average Bonchev–Trinajstić information content (AvgIpc) is 2.71. The molecule has 0 aromatic heterocycles. The summed E-state index contributed by atoms with van der Waals surface area (Å²) < 4.78 is 13.7. The Balaban J connectivity index is 1.85. The van der Waals surface area contributed by atoms with Gasteiger partial charge in [-0.25, -0.2) is 0 Å². The van der Waals surface area contributed by atoms with Crippen LogP contribution in [0.15, 0.2) is 24.3 Å². The zero-order valence-electron chi connectivity index (χ0n) is 21.2. The Morgan fingerprint density at radius 2 is 1.09 bits per heavy atom. The average molecular weight is 453 g/mol. The number of phenolic OH excluding ortho intramolecular Hbond substituents is 2. The highest BCUT2D eigenvalue weighted by Crippen LogP contribution is 2.56. The predicted molar refractivity (Wildman–Crippen MR) is 133 cm³/mol. The van der Waals surface area contributed by atoms with Crippen molar-refractivity contribution in [3.05, 3.63) is 46.5 Å². The van der Waals surface area contributed by atoms with Gasteiger partial charge in [0.05, 0.1) is 0 Å². The Morgan fingerprint density at radius 1 is 0.697 bits per heavy atom. The first kappa shape index (κ1) is 23.8. The van der Waals surface area contributed by atoms with Gasteiger partial charge in [-0.2, -0.15) is 0 Å². The van der Waals surface area contributed by atoms with E-state index in [1.807, 2.05) is 24.3 Å². The summed E-state index contributed by atoms with van der Waals surface area (Å²) in [5.41, 5.74) is 3.66. The molecule has 0 bridgehead atoms. The Morgan fingerprint density at radius 3 is 1.45 bits per heavy atom. The van der Waals surface area contributed by atoms with E-state index in [9.17, 15) is 10.2 Å². The van der Waals surface area contributed by atoms with Crippen LogP contribution in [0.2, 0.25) is 0 Å². The molecule has 0 saturated heterocycles. The van der Waals surface area contributed by atoms with Crippen LogP contribution in [0.5, 0.6) is 23.0 Å². The van der Waals surface area contributed by atoms with E-state index in [1.165, 1.54) is 0 Å². The third-order valence-electron chi connectivity index (χ3n) is 7.49. The normalized spacial score (nSPS) is 19.3. The largest absolute Gasteiger partial charge is 0.508 e. The summed E-state index contributed by atoms with van der Waals surface area (Å²) in [6.07, 6.45) is 7.05. The van der Waals surface area contributed by atoms with Gasteiger partial charge in [0.25, 0.3) is 5.79 Å². The van der Waals surface area contributed by atoms with Crippen molar-refractivity contribution in [2.75, 3.05) is 0 Å². The van der Waals surface area contributed by atoms with Crippen molar-refractivity contribution in [3.63, 3.8) is 0 Å². The van der Waals surface area contributed by atoms with Crippen LogP contribution in [0.3, 0.4) is 0 Å². The molecule has 0 atom stereocenters. The van der Waals surface area contributed by atoms with Crippen LogP contribution in [0.1, 0.15) is 102 Å². The molecule has 1 spiro atoms. The van der Waals surface area contributed by atoms with Crippen LogP contribution in [0.4, 0.5) is 0 Å². The standard InChI is InChI=1S/C29H40O4/c1-7-9-11-19-23(30)15-13-21-25(19)32-29(17-27(21,3)4)18-28(5,6)22-14-16-24(31)20(12-10-8-2)26(22)33-29/h13-16,30-31H,7-12,17-18H2,1-6H3. The third-order valence-corrected chi connectivity index (χ3v) is 7.49. The van der Waals surface area contributed by atoms with Crippen molar-refractivity contribution in [2.45, 2.75) is 110 Å². The highest BCUT2D eigenvalue weighted by Gasteiger charge is 2.54. The monoisotopic (exact) mass is 452 g/mol. The zero-order chi connectivity index (χ0) is 24.0. The summed E-state index contributed by atoms with van der Waals surface area (Å²) in [6, 6.07) is 7.64. The van der Waals surface area contributed by atoms with Crippen LogP contribution in [-0.2, 0) is 23.7 Å². The molecule has 2 aromatic carbocycles. The van der Waals surface area contributed by atoms with Crippen LogP contribution >= 0.6 is 0 Å². The molecule has 0 amide bonds. The number of unbranched alkanes of at least 4 members (excludes halogenated alkanes) is 2. The predicted octanol–water partition coefficient (Wildman–Crippen LogP) is 7.30. The van der Waals surface area contributed by atoms with Gasteiger partial charge in [0.2, 0.25) is 0 Å². The van der Waals surface area contributed by atoms with E-state index in [2.05, 4.69) is 41.5 Å². The molecule has 0 unspecified atom stereocenters. The van der Waals surface area contributed by atoms with Crippen LogP contribution in [0, 0.1) is 0 Å². The third kappa shape index (κ3) is 4.18. The van der Waals surface area contributed by atoms with E-state index < -0.39 is 5.79 Å². The first-order valence-electron chi connectivity index (χ1n) is 12.6. The lowest BCUT2D eigenvalue weighted by molar-refractivity contribution is -0.167. The number of hydrogen-bond acceptors (Lipinski definition) is 4. The molecule has 4 heteroatoms. The molecule has 4 nitrogen and oxygen atoms in total. The maximum absolute atomic E-state index is 10.7. The lowest BCUT2D eigenvalue weighted by atomic mass is 9.68. The molecule has 33 heavy (non-hydrogen) atoms. The Kier molecular flexibility index (Phi) is 6.09. The van der Waals surface area contributed by atoms with Crippen molar-refractivity contribution in [2.24, 2.45) is 0 Å². The molecule has 0 aliphatic carbocycles. The van der Waals surface area contributed by atoms with Crippen LogP contribution in [-0.4, -0.2) is 16.0 Å². The Bertz CT molecular complexity index is 951. The second-order valence-electron chi connectivity index (χ2n) is 11.3. The molecule has 2 aliphatic rings. The molecule has 0 fully saturated rings. The van der Waals surface area contributed by atoms with E-state index in [1.54, 1.807) is 0 Å². The maximum atomic E-state index is 10.7. The molecule has 2 heterocycles. The van der Waals surface area contributed by atoms with Gasteiger partial charge in [-0.1, -0.05) is 66.5 Å². The number of hydrogen-bond donors (Lipinski definition) is 2. The van der Waals surface area contributed by atoms with Gasteiger partial charge in [-0.15, -0.1) is 0 Å². The van der Waals surface area contributed by atoms with E-state index in [-0.39, 0.29) is 10.8 Å². The quantitative estimate of drug-likeness (QED) is 0.483. The number of rotatable bonds is 6. The second kappa shape index (κ2) is 8.45. The highest BCUT2D eigenvalue weighted by molar-refractivity contribution is 5.57. The molecule has 2 aliphatic heterocycles. The minimum atomic E-state index is -0.851. The molecule has 4 rings (SSSR count). The van der Waals surface area contributed by atoms with Gasteiger partial charge in [0.15, 0.2) is 0 Å². The van der Waals surface area contributed by atoms with Gasteiger partial charge in [0, 0.05) is 45.9 Å². The summed E-state index contributed by atoms with van der Waals surface area (Å²) in [5, 5.41) is 21.5. The SMILES string of the molecule is CCCCc1c(O)ccc2c1OC1(CC2(C)C)CC(C)(C)c2ccc(O)c(CCCC)c2O1. The minimum Gasteiger partial charge on any atom is -0.508 e. The number of ether oxygens (including phenoxy) is 2. The fourth-order valence-corrected chi connectivity index (χ4v) is 5.86. The van der Waals surface area contributed by atoms with Crippen molar-refractivity contribution < 1.29 is 19.7 Å². The molecule has 180 valence electrons. The second-order valence-corrected chi connectivity index (χ2v) is 11.3. The van der Waals surface area contributed by atoms with Crippen molar-refractivity contribution in [3.8, 4) is 23.0 Å². The lowest BCUT2D eigenvalue weighted by Gasteiger charge is -2.52. The Hall–Kier alpha value is -2.36. The van der Waals surface area contributed by atoms with Gasteiger partial charge in [-0.3, -0.25) is 0 Å².